The van der Waals surface area contributed by atoms with Crippen LogP contribution in [0.4, 0.5) is 10.1 Å². The molecule has 0 aliphatic heterocycles. The number of carbonyl (C=O) groups is 1. The molecule has 0 bridgehead atoms. The standard InChI is InChI=1S/C29H29FN4O3S/c1-20-10-15-28(21(2)16-20)34-22(3)17-24(23(34)4)18-31-32-29(35)19-33(26-13-11-25(30)12-14-26)38(36,37)27-8-6-5-7-9-27/h5-18H,19H2,1-4H3,(H,32,35)/b31-18-. The molecule has 196 valence electrons. The van der Waals surface area contributed by atoms with E-state index in [1.54, 1.807) is 18.2 Å². The van der Waals surface area contributed by atoms with Crippen molar-refractivity contribution in [1.29, 1.82) is 0 Å². The van der Waals surface area contributed by atoms with Gasteiger partial charge >= 0.3 is 0 Å². The first-order valence-corrected chi connectivity index (χ1v) is 13.4. The van der Waals surface area contributed by atoms with Crippen LogP contribution >= 0.6 is 0 Å². The Kier molecular flexibility index (Phi) is 7.78. The number of nitrogens with one attached hydrogen (secondary N) is 1. The topological polar surface area (TPSA) is 83.8 Å². The Labute approximate surface area is 222 Å². The van der Waals surface area contributed by atoms with Crippen molar-refractivity contribution in [3.05, 3.63) is 113 Å². The second-order valence-electron chi connectivity index (χ2n) is 9.05. The van der Waals surface area contributed by atoms with Gasteiger partial charge in [-0.2, -0.15) is 5.10 Å². The van der Waals surface area contributed by atoms with E-state index in [0.29, 0.717) is 0 Å². The Morgan fingerprint density at radius 3 is 2.32 bits per heavy atom. The van der Waals surface area contributed by atoms with E-state index in [2.05, 4.69) is 47.1 Å². The van der Waals surface area contributed by atoms with Crippen molar-refractivity contribution in [3.63, 3.8) is 0 Å². The summed E-state index contributed by atoms with van der Waals surface area (Å²) in [5.41, 5.74) is 8.75. The molecule has 0 aliphatic carbocycles. The van der Waals surface area contributed by atoms with E-state index in [-0.39, 0.29) is 10.6 Å². The third-order valence-corrected chi connectivity index (χ3v) is 7.98. The van der Waals surface area contributed by atoms with Crippen LogP contribution in [0.3, 0.4) is 0 Å². The summed E-state index contributed by atoms with van der Waals surface area (Å²) in [5.74, 6) is -1.16. The van der Waals surface area contributed by atoms with Crippen molar-refractivity contribution < 1.29 is 17.6 Å². The Morgan fingerprint density at radius 1 is 0.974 bits per heavy atom. The number of aryl methyl sites for hydroxylation is 3. The minimum Gasteiger partial charge on any atom is -0.318 e. The molecule has 1 heterocycles. The van der Waals surface area contributed by atoms with Crippen molar-refractivity contribution in [1.82, 2.24) is 9.99 Å². The molecule has 1 N–H and O–H groups in total. The predicted molar refractivity (Wildman–Crippen MR) is 148 cm³/mol. The third-order valence-electron chi connectivity index (χ3n) is 6.19. The summed E-state index contributed by atoms with van der Waals surface area (Å²) in [5, 5.41) is 4.08. The highest BCUT2D eigenvalue weighted by atomic mass is 32.2. The van der Waals surface area contributed by atoms with Gasteiger partial charge in [0.2, 0.25) is 0 Å². The molecule has 38 heavy (non-hydrogen) atoms. The highest BCUT2D eigenvalue weighted by Gasteiger charge is 2.27. The number of amides is 1. The second-order valence-corrected chi connectivity index (χ2v) is 10.9. The van der Waals surface area contributed by atoms with Crippen LogP contribution in [0.2, 0.25) is 0 Å². The average molecular weight is 533 g/mol. The van der Waals surface area contributed by atoms with Crippen molar-refractivity contribution in [3.8, 4) is 5.69 Å². The van der Waals surface area contributed by atoms with Crippen molar-refractivity contribution in [2.24, 2.45) is 5.10 Å². The number of rotatable bonds is 8. The lowest BCUT2D eigenvalue weighted by Crippen LogP contribution is -2.39. The van der Waals surface area contributed by atoms with E-state index in [4.69, 9.17) is 0 Å². The third kappa shape index (κ3) is 5.68. The molecule has 7 nitrogen and oxygen atoms in total. The van der Waals surface area contributed by atoms with Crippen LogP contribution < -0.4 is 9.73 Å². The lowest BCUT2D eigenvalue weighted by atomic mass is 10.1. The fourth-order valence-electron chi connectivity index (χ4n) is 4.33. The minimum atomic E-state index is -4.09. The molecule has 4 rings (SSSR count). The van der Waals surface area contributed by atoms with Gasteiger partial charge in [0.15, 0.2) is 0 Å². The van der Waals surface area contributed by atoms with Crippen LogP contribution in [-0.4, -0.2) is 31.7 Å². The van der Waals surface area contributed by atoms with Crippen LogP contribution in [0.5, 0.6) is 0 Å². The summed E-state index contributed by atoms with van der Waals surface area (Å²) < 4.78 is 43.2. The number of anilines is 1. The minimum absolute atomic E-state index is 0.0134. The number of carbonyl (C=O) groups excluding carboxylic acids is 1. The molecule has 9 heteroatoms. The second kappa shape index (κ2) is 11.0. The predicted octanol–water partition coefficient (Wildman–Crippen LogP) is 5.20. The molecule has 0 aliphatic rings. The number of aromatic nitrogens is 1. The number of halogens is 1. The molecular formula is C29H29FN4O3S. The van der Waals surface area contributed by atoms with E-state index in [0.717, 1.165) is 44.6 Å². The van der Waals surface area contributed by atoms with Gasteiger partial charge in [0.05, 0.1) is 16.8 Å². The molecule has 0 saturated heterocycles. The van der Waals surface area contributed by atoms with Gasteiger partial charge < -0.3 is 4.57 Å². The quantitative estimate of drug-likeness (QED) is 0.250. The van der Waals surface area contributed by atoms with Crippen LogP contribution in [-0.2, 0) is 14.8 Å². The van der Waals surface area contributed by atoms with E-state index < -0.39 is 28.3 Å². The van der Waals surface area contributed by atoms with Crippen molar-refractivity contribution in [2.75, 3.05) is 10.8 Å². The number of sulfonamides is 1. The molecule has 0 atom stereocenters. The SMILES string of the molecule is Cc1ccc(-n2c(C)cc(/C=N\NC(=O)CN(c3ccc(F)cc3)S(=O)(=O)c3ccccc3)c2C)c(C)c1. The molecule has 0 unspecified atom stereocenters. The first-order valence-electron chi connectivity index (χ1n) is 12.0. The maximum atomic E-state index is 13.5. The molecular weight excluding hydrogens is 503 g/mol. The molecule has 1 aromatic heterocycles. The summed E-state index contributed by atoms with van der Waals surface area (Å²) in [6, 6.07) is 20.9. The zero-order valence-corrected chi connectivity index (χ0v) is 22.5. The average Bonchev–Trinajstić information content (AvgIpc) is 3.16. The highest BCUT2D eigenvalue weighted by Crippen LogP contribution is 2.25. The number of hydrazone groups is 1. The van der Waals surface area contributed by atoms with Crippen LogP contribution in [0.25, 0.3) is 5.69 Å². The first-order chi connectivity index (χ1) is 18.1. The van der Waals surface area contributed by atoms with Crippen LogP contribution in [0.15, 0.2) is 88.9 Å². The van der Waals surface area contributed by atoms with Crippen molar-refractivity contribution >= 4 is 27.8 Å². The van der Waals surface area contributed by atoms with Crippen molar-refractivity contribution in [2.45, 2.75) is 32.6 Å². The maximum Gasteiger partial charge on any atom is 0.264 e. The molecule has 0 radical (unpaired) electrons. The fourth-order valence-corrected chi connectivity index (χ4v) is 5.77. The lowest BCUT2D eigenvalue weighted by Gasteiger charge is -2.23. The van der Waals surface area contributed by atoms with Gasteiger partial charge in [-0.3, -0.25) is 9.10 Å². The van der Waals surface area contributed by atoms with Gasteiger partial charge in [0.25, 0.3) is 15.9 Å². The van der Waals surface area contributed by atoms with Gasteiger partial charge in [-0.15, -0.1) is 0 Å². The number of benzene rings is 3. The van der Waals surface area contributed by atoms with Gasteiger partial charge in [0.1, 0.15) is 12.4 Å². The summed E-state index contributed by atoms with van der Waals surface area (Å²) in [6.45, 7) is 7.54. The summed E-state index contributed by atoms with van der Waals surface area (Å²) in [4.78, 5) is 12.8. The van der Waals surface area contributed by atoms with Gasteiger partial charge in [-0.25, -0.2) is 18.2 Å². The largest absolute Gasteiger partial charge is 0.318 e. The zero-order chi connectivity index (χ0) is 27.4. The first kappa shape index (κ1) is 26.8. The van der Waals surface area contributed by atoms with Crippen LogP contribution in [0.1, 0.15) is 28.1 Å². The van der Waals surface area contributed by atoms with E-state index in [9.17, 15) is 17.6 Å². The Hall–Kier alpha value is -4.24. The summed E-state index contributed by atoms with van der Waals surface area (Å²) in [6.07, 6.45) is 1.54. The normalized spacial score (nSPS) is 11.6. The number of hydrogen-bond acceptors (Lipinski definition) is 4. The zero-order valence-electron chi connectivity index (χ0n) is 21.6. The Bertz CT molecular complexity index is 1600. The van der Waals surface area contributed by atoms with E-state index in [1.807, 2.05) is 19.9 Å². The molecule has 3 aromatic carbocycles. The molecule has 0 spiro atoms. The van der Waals surface area contributed by atoms with Crippen LogP contribution in [0, 0.1) is 33.5 Å². The molecule has 4 aromatic rings. The smallest absolute Gasteiger partial charge is 0.264 e. The summed E-state index contributed by atoms with van der Waals surface area (Å²) >= 11 is 0. The van der Waals surface area contributed by atoms with E-state index in [1.165, 1.54) is 36.0 Å². The molecule has 1 amide bonds. The maximum absolute atomic E-state index is 13.5. The molecule has 0 fully saturated rings. The van der Waals surface area contributed by atoms with Gasteiger partial charge in [0, 0.05) is 22.6 Å². The summed E-state index contributed by atoms with van der Waals surface area (Å²) in [7, 11) is -4.09. The Morgan fingerprint density at radius 2 is 1.66 bits per heavy atom. The Balaban J connectivity index is 1.55. The van der Waals surface area contributed by atoms with E-state index >= 15 is 0 Å². The van der Waals surface area contributed by atoms with Gasteiger partial charge in [-0.1, -0.05) is 35.9 Å². The lowest BCUT2D eigenvalue weighted by molar-refractivity contribution is -0.119. The highest BCUT2D eigenvalue weighted by molar-refractivity contribution is 7.92. The number of nitrogens with zero attached hydrogens (tertiary/aromatic N) is 3. The molecule has 0 saturated carbocycles. The number of hydrogen-bond donors (Lipinski definition) is 1. The fraction of sp³-hybridized carbons (Fsp3) is 0.172. The monoisotopic (exact) mass is 532 g/mol. The van der Waals surface area contributed by atoms with Gasteiger partial charge in [-0.05, 0) is 81.8 Å².